The summed E-state index contributed by atoms with van der Waals surface area (Å²) in [4.78, 5) is 12.2. The third-order valence-electron chi connectivity index (χ3n) is 3.14. The first-order valence-corrected chi connectivity index (χ1v) is 6.64. The Morgan fingerprint density at radius 1 is 1.45 bits per heavy atom. The highest BCUT2D eigenvalue weighted by Crippen LogP contribution is 2.20. The van der Waals surface area contributed by atoms with E-state index in [1.807, 2.05) is 13.0 Å². The Morgan fingerprint density at radius 3 is 2.70 bits per heavy atom. The molecule has 0 saturated carbocycles. The van der Waals surface area contributed by atoms with E-state index >= 15 is 0 Å². The fourth-order valence-electron chi connectivity index (χ4n) is 1.84. The maximum absolute atomic E-state index is 12.2. The Labute approximate surface area is 122 Å². The van der Waals surface area contributed by atoms with E-state index in [1.54, 1.807) is 36.9 Å². The molecule has 0 aliphatic heterocycles. The number of carbonyl (C=O) groups excluding carboxylic acids is 1. The molecule has 106 valence electrons. The highest BCUT2D eigenvalue weighted by Gasteiger charge is 2.17. The summed E-state index contributed by atoms with van der Waals surface area (Å²) in [6, 6.07) is 4.91. The van der Waals surface area contributed by atoms with E-state index in [2.05, 4.69) is 10.4 Å². The van der Waals surface area contributed by atoms with Crippen molar-refractivity contribution in [2.75, 3.05) is 11.1 Å². The van der Waals surface area contributed by atoms with Crippen LogP contribution in [0.3, 0.4) is 0 Å². The number of nitrogens with zero attached hydrogens (tertiary/aromatic N) is 2. The van der Waals surface area contributed by atoms with Gasteiger partial charge >= 0.3 is 0 Å². The number of nitrogens with two attached hydrogens (primary N) is 1. The molecule has 0 spiro atoms. The number of aromatic nitrogens is 2. The summed E-state index contributed by atoms with van der Waals surface area (Å²) >= 11 is 5.95. The first kappa shape index (κ1) is 14.4. The van der Waals surface area contributed by atoms with Gasteiger partial charge in [-0.1, -0.05) is 11.6 Å². The topological polar surface area (TPSA) is 72.9 Å². The summed E-state index contributed by atoms with van der Waals surface area (Å²) in [6.07, 6.45) is 1.65. The van der Waals surface area contributed by atoms with Crippen molar-refractivity contribution in [3.05, 3.63) is 40.7 Å². The second-order valence-corrected chi connectivity index (χ2v) is 5.19. The largest absolute Gasteiger partial charge is 0.399 e. The van der Waals surface area contributed by atoms with Gasteiger partial charge in [0.2, 0.25) is 5.91 Å². The van der Waals surface area contributed by atoms with Crippen LogP contribution in [0.15, 0.2) is 24.4 Å². The van der Waals surface area contributed by atoms with Crippen molar-refractivity contribution in [2.24, 2.45) is 0 Å². The number of carbonyl (C=O) groups is 1. The van der Waals surface area contributed by atoms with E-state index in [0.29, 0.717) is 16.4 Å². The Balaban J connectivity index is 2.15. The van der Waals surface area contributed by atoms with Crippen LogP contribution in [-0.4, -0.2) is 15.7 Å². The van der Waals surface area contributed by atoms with E-state index in [4.69, 9.17) is 17.3 Å². The summed E-state index contributed by atoms with van der Waals surface area (Å²) in [6.45, 7) is 5.46. The standard InChI is InChI=1S/C14H17ClN4O/c1-8-6-11(16)4-5-13(8)17-14(20)10(3)19-7-12(15)9(2)18-19/h4-7,10H,16H2,1-3H3,(H,17,20). The molecule has 0 fully saturated rings. The molecule has 6 heteroatoms. The first-order valence-electron chi connectivity index (χ1n) is 6.26. The van der Waals surface area contributed by atoms with Gasteiger partial charge < -0.3 is 11.1 Å². The normalized spacial score (nSPS) is 12.2. The third kappa shape index (κ3) is 2.93. The molecule has 0 saturated heterocycles. The van der Waals surface area contributed by atoms with Crippen molar-refractivity contribution in [3.8, 4) is 0 Å². The van der Waals surface area contributed by atoms with Gasteiger partial charge in [-0.2, -0.15) is 5.10 Å². The molecule has 0 radical (unpaired) electrons. The van der Waals surface area contributed by atoms with Gasteiger partial charge in [0, 0.05) is 17.6 Å². The van der Waals surface area contributed by atoms with Crippen LogP contribution < -0.4 is 11.1 Å². The Kier molecular flexibility index (Phi) is 3.99. The molecule has 3 N–H and O–H groups in total. The summed E-state index contributed by atoms with van der Waals surface area (Å²) < 4.78 is 1.56. The van der Waals surface area contributed by atoms with Crippen LogP contribution in [0.25, 0.3) is 0 Å². The monoisotopic (exact) mass is 292 g/mol. The van der Waals surface area contributed by atoms with Crippen molar-refractivity contribution >= 4 is 28.9 Å². The summed E-state index contributed by atoms with van der Waals surface area (Å²) in [5, 5.41) is 7.63. The number of hydrogen-bond acceptors (Lipinski definition) is 3. The zero-order valence-electron chi connectivity index (χ0n) is 11.6. The molecule has 2 rings (SSSR count). The third-order valence-corrected chi connectivity index (χ3v) is 3.51. The number of aryl methyl sites for hydroxylation is 2. The molecule has 2 aromatic rings. The summed E-state index contributed by atoms with van der Waals surface area (Å²) in [5.74, 6) is -0.156. The van der Waals surface area contributed by atoms with Gasteiger partial charge in [-0.05, 0) is 44.5 Å². The smallest absolute Gasteiger partial charge is 0.248 e. The second kappa shape index (κ2) is 5.54. The van der Waals surface area contributed by atoms with Crippen LogP contribution in [0, 0.1) is 13.8 Å². The quantitative estimate of drug-likeness (QED) is 0.854. The number of halogens is 1. The zero-order valence-corrected chi connectivity index (χ0v) is 12.4. The Bertz CT molecular complexity index is 631. The molecule has 5 nitrogen and oxygen atoms in total. The number of benzene rings is 1. The van der Waals surface area contributed by atoms with E-state index in [0.717, 1.165) is 11.3 Å². The molecule has 1 unspecified atom stereocenters. The minimum Gasteiger partial charge on any atom is -0.399 e. The van der Waals surface area contributed by atoms with Crippen molar-refractivity contribution < 1.29 is 4.79 Å². The molecule has 1 atom stereocenters. The molecule has 0 bridgehead atoms. The van der Waals surface area contributed by atoms with Gasteiger partial charge in [0.25, 0.3) is 0 Å². The lowest BCUT2D eigenvalue weighted by atomic mass is 10.1. The summed E-state index contributed by atoms with van der Waals surface area (Å²) in [5.41, 5.74) is 8.72. The van der Waals surface area contributed by atoms with Crippen LogP contribution in [0.2, 0.25) is 5.02 Å². The Hall–Kier alpha value is -2.01. The minimum absolute atomic E-state index is 0.156. The van der Waals surface area contributed by atoms with Gasteiger partial charge in [-0.25, -0.2) is 0 Å². The second-order valence-electron chi connectivity index (χ2n) is 4.78. The maximum Gasteiger partial charge on any atom is 0.248 e. The zero-order chi connectivity index (χ0) is 14.9. The van der Waals surface area contributed by atoms with Crippen LogP contribution in [0.5, 0.6) is 0 Å². The summed E-state index contributed by atoms with van der Waals surface area (Å²) in [7, 11) is 0. The van der Waals surface area contributed by atoms with Crippen molar-refractivity contribution in [1.82, 2.24) is 9.78 Å². The molecule has 1 aromatic heterocycles. The molecule has 20 heavy (non-hydrogen) atoms. The highest BCUT2D eigenvalue weighted by atomic mass is 35.5. The molecule has 1 heterocycles. The fraction of sp³-hybridized carbons (Fsp3) is 0.286. The Morgan fingerprint density at radius 2 is 2.15 bits per heavy atom. The van der Waals surface area contributed by atoms with Gasteiger partial charge in [-0.15, -0.1) is 0 Å². The SMILES string of the molecule is Cc1cc(N)ccc1NC(=O)C(C)n1cc(Cl)c(C)n1. The average Bonchev–Trinajstić information content (AvgIpc) is 2.72. The number of nitrogens with one attached hydrogen (secondary N) is 1. The average molecular weight is 293 g/mol. The first-order chi connectivity index (χ1) is 9.38. The maximum atomic E-state index is 12.2. The lowest BCUT2D eigenvalue weighted by Crippen LogP contribution is -2.24. The molecule has 1 aromatic carbocycles. The number of amides is 1. The number of nitrogen functional groups attached to an aromatic ring is 1. The van der Waals surface area contributed by atoms with E-state index < -0.39 is 6.04 Å². The lowest BCUT2D eigenvalue weighted by molar-refractivity contribution is -0.119. The lowest BCUT2D eigenvalue weighted by Gasteiger charge is -2.14. The van der Waals surface area contributed by atoms with E-state index in [1.165, 1.54) is 0 Å². The van der Waals surface area contributed by atoms with Crippen molar-refractivity contribution in [3.63, 3.8) is 0 Å². The number of hydrogen-bond donors (Lipinski definition) is 2. The van der Waals surface area contributed by atoms with Crippen molar-refractivity contribution in [1.29, 1.82) is 0 Å². The van der Waals surface area contributed by atoms with Crippen LogP contribution >= 0.6 is 11.6 Å². The van der Waals surface area contributed by atoms with Gasteiger partial charge in [0.1, 0.15) is 6.04 Å². The molecular weight excluding hydrogens is 276 g/mol. The number of anilines is 2. The molecule has 1 amide bonds. The van der Waals surface area contributed by atoms with E-state index in [9.17, 15) is 4.79 Å². The molecular formula is C14H17ClN4O. The van der Waals surface area contributed by atoms with Crippen molar-refractivity contribution in [2.45, 2.75) is 26.8 Å². The number of rotatable bonds is 3. The minimum atomic E-state index is -0.446. The van der Waals surface area contributed by atoms with Gasteiger partial charge in [0.05, 0.1) is 10.7 Å². The van der Waals surface area contributed by atoms with Crippen LogP contribution in [0.1, 0.15) is 24.2 Å². The fourth-order valence-corrected chi connectivity index (χ4v) is 1.98. The van der Waals surface area contributed by atoms with Crippen LogP contribution in [0.4, 0.5) is 11.4 Å². The van der Waals surface area contributed by atoms with E-state index in [-0.39, 0.29) is 5.91 Å². The predicted octanol–water partition coefficient (Wildman–Crippen LogP) is 2.94. The molecule has 0 aliphatic carbocycles. The van der Waals surface area contributed by atoms with Gasteiger partial charge in [0.15, 0.2) is 0 Å². The highest BCUT2D eigenvalue weighted by molar-refractivity contribution is 6.31. The molecule has 0 aliphatic rings. The van der Waals surface area contributed by atoms with Crippen LogP contribution in [-0.2, 0) is 4.79 Å². The van der Waals surface area contributed by atoms with Gasteiger partial charge in [-0.3, -0.25) is 9.48 Å². The predicted molar refractivity (Wildman–Crippen MR) is 80.9 cm³/mol.